The molecule has 0 saturated heterocycles. The molecule has 18 heavy (non-hydrogen) atoms. The molecule has 2 aromatic rings. The maximum absolute atomic E-state index is 13.3. The molecule has 1 aromatic heterocycles. The first-order valence-corrected chi connectivity index (χ1v) is 5.55. The summed E-state index contributed by atoms with van der Waals surface area (Å²) < 4.78 is 20.0. The average molecular weight is 250 g/mol. The number of rotatable bonds is 3. The molecule has 1 N–H and O–H groups in total. The van der Waals surface area contributed by atoms with Crippen LogP contribution in [0.4, 0.5) is 4.39 Å². The van der Waals surface area contributed by atoms with Crippen molar-refractivity contribution in [1.82, 2.24) is 9.78 Å². The van der Waals surface area contributed by atoms with Gasteiger partial charge in [0.2, 0.25) is 0 Å². The quantitative estimate of drug-likeness (QED) is 0.905. The Kier molecular flexibility index (Phi) is 3.34. The smallest absolute Gasteiger partial charge is 0.125 e. The largest absolute Gasteiger partial charge is 0.496 e. The van der Waals surface area contributed by atoms with E-state index in [0.717, 1.165) is 5.69 Å². The molecule has 0 aliphatic rings. The van der Waals surface area contributed by atoms with Crippen LogP contribution >= 0.6 is 0 Å². The van der Waals surface area contributed by atoms with Crippen molar-refractivity contribution in [1.29, 1.82) is 0 Å². The van der Waals surface area contributed by atoms with Crippen LogP contribution in [0.25, 0.3) is 0 Å². The third kappa shape index (κ3) is 2.22. The number of halogens is 1. The summed E-state index contributed by atoms with van der Waals surface area (Å²) in [5.41, 5.74) is 1.78. The lowest BCUT2D eigenvalue weighted by molar-refractivity contribution is 0.204. The second kappa shape index (κ2) is 4.78. The van der Waals surface area contributed by atoms with Gasteiger partial charge in [0.1, 0.15) is 17.7 Å². The molecule has 1 aromatic carbocycles. The number of aromatic nitrogens is 2. The van der Waals surface area contributed by atoms with Crippen LogP contribution < -0.4 is 4.74 Å². The zero-order valence-corrected chi connectivity index (χ0v) is 10.5. The lowest BCUT2D eigenvalue weighted by atomic mass is 10.0. The Morgan fingerprint density at radius 2 is 2.11 bits per heavy atom. The Labute approximate surface area is 105 Å². The van der Waals surface area contributed by atoms with Gasteiger partial charge in [0.05, 0.1) is 18.5 Å². The molecule has 0 fully saturated rings. The minimum atomic E-state index is -0.971. The second-order valence-electron chi connectivity index (χ2n) is 4.12. The molecule has 0 aliphatic heterocycles. The molecule has 5 heteroatoms. The van der Waals surface area contributed by atoms with Gasteiger partial charge in [-0.15, -0.1) is 0 Å². The first-order chi connectivity index (χ1) is 8.52. The van der Waals surface area contributed by atoms with E-state index in [1.807, 2.05) is 6.92 Å². The molecule has 1 atom stereocenters. The molecule has 4 nitrogen and oxygen atoms in total. The summed E-state index contributed by atoms with van der Waals surface area (Å²) in [5, 5.41) is 14.5. The number of aliphatic hydroxyl groups excluding tert-OH is 1. The van der Waals surface area contributed by atoms with Crippen LogP contribution in [0.5, 0.6) is 5.75 Å². The first-order valence-electron chi connectivity index (χ1n) is 5.55. The highest BCUT2D eigenvalue weighted by atomic mass is 19.1. The van der Waals surface area contributed by atoms with E-state index in [1.165, 1.54) is 25.3 Å². The zero-order chi connectivity index (χ0) is 13.3. The van der Waals surface area contributed by atoms with Crippen molar-refractivity contribution in [2.45, 2.75) is 13.0 Å². The summed E-state index contributed by atoms with van der Waals surface area (Å²) in [6.45, 7) is 1.83. The van der Waals surface area contributed by atoms with Gasteiger partial charge >= 0.3 is 0 Å². The van der Waals surface area contributed by atoms with E-state index in [2.05, 4.69) is 5.10 Å². The average Bonchev–Trinajstić information content (AvgIpc) is 2.67. The SMILES string of the molecule is COc1ccc(F)cc1C(O)c1cc(C)nn1C. The lowest BCUT2D eigenvalue weighted by Gasteiger charge is -2.15. The van der Waals surface area contributed by atoms with Gasteiger partial charge in [-0.05, 0) is 31.2 Å². The van der Waals surface area contributed by atoms with E-state index < -0.39 is 11.9 Å². The molecule has 0 spiro atoms. The van der Waals surface area contributed by atoms with Gasteiger partial charge in [0, 0.05) is 12.6 Å². The Morgan fingerprint density at radius 3 is 2.67 bits per heavy atom. The Bertz CT molecular complexity index is 566. The summed E-state index contributed by atoms with van der Waals surface area (Å²) in [5.74, 6) is 0.0338. The van der Waals surface area contributed by atoms with Gasteiger partial charge in [-0.1, -0.05) is 0 Å². The van der Waals surface area contributed by atoms with E-state index in [0.29, 0.717) is 17.0 Å². The molecular formula is C13H15FN2O2. The maximum atomic E-state index is 13.3. The fourth-order valence-electron chi connectivity index (χ4n) is 1.96. The van der Waals surface area contributed by atoms with Gasteiger partial charge in [-0.3, -0.25) is 4.68 Å². The van der Waals surface area contributed by atoms with Gasteiger partial charge < -0.3 is 9.84 Å². The third-order valence-corrected chi connectivity index (χ3v) is 2.80. The second-order valence-corrected chi connectivity index (χ2v) is 4.12. The number of aliphatic hydroxyl groups is 1. The number of hydrogen-bond acceptors (Lipinski definition) is 3. The maximum Gasteiger partial charge on any atom is 0.125 e. The number of hydrogen-bond donors (Lipinski definition) is 1. The zero-order valence-electron chi connectivity index (χ0n) is 10.5. The molecule has 0 aliphatic carbocycles. The fraction of sp³-hybridized carbons (Fsp3) is 0.308. The normalized spacial score (nSPS) is 12.5. The topological polar surface area (TPSA) is 47.3 Å². The number of benzene rings is 1. The van der Waals surface area contributed by atoms with Crippen LogP contribution in [-0.2, 0) is 7.05 Å². The lowest BCUT2D eigenvalue weighted by Crippen LogP contribution is -2.08. The summed E-state index contributed by atoms with van der Waals surface area (Å²) in [7, 11) is 3.22. The van der Waals surface area contributed by atoms with Crippen molar-refractivity contribution in [2.24, 2.45) is 7.05 Å². The minimum absolute atomic E-state index is 0.389. The number of aryl methyl sites for hydroxylation is 2. The molecular weight excluding hydrogens is 235 g/mol. The highest BCUT2D eigenvalue weighted by Gasteiger charge is 2.19. The van der Waals surface area contributed by atoms with E-state index >= 15 is 0 Å². The molecule has 2 rings (SSSR count). The standard InChI is InChI=1S/C13H15FN2O2/c1-8-6-11(16(2)15-8)13(17)10-7-9(14)4-5-12(10)18-3/h4-7,13,17H,1-3H3. The Hall–Kier alpha value is -1.88. The summed E-state index contributed by atoms with van der Waals surface area (Å²) in [6, 6.07) is 5.82. The molecule has 0 radical (unpaired) electrons. The van der Waals surface area contributed by atoms with Gasteiger partial charge in [0.25, 0.3) is 0 Å². The van der Waals surface area contributed by atoms with E-state index in [-0.39, 0.29) is 0 Å². The molecule has 0 amide bonds. The monoisotopic (exact) mass is 250 g/mol. The van der Waals surface area contributed by atoms with Crippen LogP contribution in [0.1, 0.15) is 23.1 Å². The number of methoxy groups -OCH3 is 1. The van der Waals surface area contributed by atoms with Crippen molar-refractivity contribution < 1.29 is 14.2 Å². The highest BCUT2D eigenvalue weighted by Crippen LogP contribution is 2.30. The van der Waals surface area contributed by atoms with Crippen molar-refractivity contribution in [3.05, 3.63) is 47.0 Å². The van der Waals surface area contributed by atoms with E-state index in [4.69, 9.17) is 4.74 Å². The van der Waals surface area contributed by atoms with Crippen LogP contribution in [0.2, 0.25) is 0 Å². The summed E-state index contributed by atoms with van der Waals surface area (Å²) >= 11 is 0. The van der Waals surface area contributed by atoms with Crippen LogP contribution in [0.15, 0.2) is 24.3 Å². The molecule has 0 saturated carbocycles. The minimum Gasteiger partial charge on any atom is -0.496 e. The van der Waals surface area contributed by atoms with Crippen molar-refractivity contribution >= 4 is 0 Å². The van der Waals surface area contributed by atoms with Crippen molar-refractivity contribution in [3.8, 4) is 5.75 Å². The van der Waals surface area contributed by atoms with E-state index in [1.54, 1.807) is 17.8 Å². The Morgan fingerprint density at radius 1 is 1.39 bits per heavy atom. The van der Waals surface area contributed by atoms with Crippen LogP contribution in [0.3, 0.4) is 0 Å². The van der Waals surface area contributed by atoms with Gasteiger partial charge in [-0.25, -0.2) is 4.39 Å². The molecule has 1 heterocycles. The predicted octanol–water partition coefficient (Wildman–Crippen LogP) is 1.96. The number of nitrogens with zero attached hydrogens (tertiary/aromatic N) is 2. The van der Waals surface area contributed by atoms with Crippen LogP contribution in [-0.4, -0.2) is 22.0 Å². The predicted molar refractivity (Wildman–Crippen MR) is 65.0 cm³/mol. The third-order valence-electron chi connectivity index (χ3n) is 2.80. The molecule has 96 valence electrons. The van der Waals surface area contributed by atoms with Crippen molar-refractivity contribution in [3.63, 3.8) is 0 Å². The van der Waals surface area contributed by atoms with E-state index in [9.17, 15) is 9.50 Å². The fourth-order valence-corrected chi connectivity index (χ4v) is 1.96. The van der Waals surface area contributed by atoms with Crippen LogP contribution in [0, 0.1) is 12.7 Å². The number of ether oxygens (including phenoxy) is 1. The molecule has 0 bridgehead atoms. The summed E-state index contributed by atoms with van der Waals surface area (Å²) in [4.78, 5) is 0. The first kappa shape index (κ1) is 12.6. The Balaban J connectivity index is 2.48. The molecule has 1 unspecified atom stereocenters. The van der Waals surface area contributed by atoms with Gasteiger partial charge in [0.15, 0.2) is 0 Å². The van der Waals surface area contributed by atoms with Crippen molar-refractivity contribution in [2.75, 3.05) is 7.11 Å². The highest BCUT2D eigenvalue weighted by molar-refractivity contribution is 5.39. The van der Waals surface area contributed by atoms with Gasteiger partial charge in [-0.2, -0.15) is 5.10 Å². The summed E-state index contributed by atoms with van der Waals surface area (Å²) in [6.07, 6.45) is -0.971.